The van der Waals surface area contributed by atoms with Gasteiger partial charge in [0, 0.05) is 6.42 Å². The molecule has 0 fully saturated rings. The normalized spacial score (nSPS) is 11.2. The van der Waals surface area contributed by atoms with Gasteiger partial charge in [-0.3, -0.25) is 4.79 Å². The van der Waals surface area contributed by atoms with Crippen molar-refractivity contribution >= 4 is 5.97 Å². The molecule has 0 saturated carbocycles. The highest BCUT2D eigenvalue weighted by Gasteiger charge is 2.08. The van der Waals surface area contributed by atoms with Gasteiger partial charge in [-0.05, 0) is 12.3 Å². The lowest BCUT2D eigenvalue weighted by Gasteiger charge is -2.12. The van der Waals surface area contributed by atoms with E-state index in [1.54, 1.807) is 0 Å². The number of ether oxygens (including phenoxy) is 1. The highest BCUT2D eigenvalue weighted by molar-refractivity contribution is 5.69. The Bertz CT molecular complexity index is 284. The van der Waals surface area contributed by atoms with E-state index in [-0.39, 0.29) is 5.97 Å². The van der Waals surface area contributed by atoms with E-state index in [1.807, 2.05) is 0 Å². The van der Waals surface area contributed by atoms with Gasteiger partial charge in [0.15, 0.2) is 0 Å². The Morgan fingerprint density at radius 3 is 1.38 bits per heavy atom. The second-order valence-electron chi connectivity index (χ2n) is 8.07. The fraction of sp³-hybridized carbons (Fsp3) is 0.958. The lowest BCUT2D eigenvalue weighted by Crippen LogP contribution is -2.12. The zero-order valence-corrected chi connectivity index (χ0v) is 18.3. The quantitative estimate of drug-likeness (QED) is 0.160. The average molecular weight is 369 g/mol. The van der Waals surface area contributed by atoms with E-state index in [4.69, 9.17) is 4.74 Å². The Morgan fingerprint density at radius 1 is 0.615 bits per heavy atom. The van der Waals surface area contributed by atoms with Crippen molar-refractivity contribution in [1.29, 1.82) is 0 Å². The van der Waals surface area contributed by atoms with Gasteiger partial charge >= 0.3 is 5.97 Å². The minimum absolute atomic E-state index is 0.00611. The summed E-state index contributed by atoms with van der Waals surface area (Å²) in [6, 6.07) is 0. The molecule has 0 spiro atoms. The molecule has 0 aliphatic heterocycles. The smallest absolute Gasteiger partial charge is 0.305 e. The van der Waals surface area contributed by atoms with Crippen LogP contribution in [-0.4, -0.2) is 12.6 Å². The van der Waals surface area contributed by atoms with Crippen LogP contribution in [0.2, 0.25) is 0 Å². The molecule has 0 radical (unpaired) electrons. The number of esters is 1. The first-order valence-corrected chi connectivity index (χ1v) is 11.9. The Labute approximate surface area is 164 Å². The molecule has 0 aromatic carbocycles. The number of hydrogen-bond donors (Lipinski definition) is 0. The van der Waals surface area contributed by atoms with Crippen LogP contribution in [0, 0.1) is 5.92 Å². The molecule has 156 valence electrons. The first-order chi connectivity index (χ1) is 12.7. The lowest BCUT2D eigenvalue weighted by molar-refractivity contribution is -0.145. The maximum absolute atomic E-state index is 11.7. The zero-order valence-electron chi connectivity index (χ0n) is 18.3. The molecule has 0 aromatic rings. The summed E-state index contributed by atoms with van der Waals surface area (Å²) in [5, 5.41) is 0. The monoisotopic (exact) mass is 368 g/mol. The SMILES string of the molecule is CCCCCCCCCCCCCCCCCC(=O)OCC(CC)CC. The predicted octanol–water partition coefficient (Wildman–Crippen LogP) is 8.23. The molecular formula is C24H48O2. The molecule has 0 atom stereocenters. The van der Waals surface area contributed by atoms with Crippen LogP contribution >= 0.6 is 0 Å². The summed E-state index contributed by atoms with van der Waals surface area (Å²) < 4.78 is 5.37. The summed E-state index contributed by atoms with van der Waals surface area (Å²) in [6.07, 6.45) is 23.2. The summed E-state index contributed by atoms with van der Waals surface area (Å²) in [5.41, 5.74) is 0. The summed E-state index contributed by atoms with van der Waals surface area (Å²) in [4.78, 5) is 11.7. The summed E-state index contributed by atoms with van der Waals surface area (Å²) >= 11 is 0. The van der Waals surface area contributed by atoms with Crippen LogP contribution in [0.1, 0.15) is 136 Å². The van der Waals surface area contributed by atoms with Gasteiger partial charge in [-0.15, -0.1) is 0 Å². The van der Waals surface area contributed by atoms with Gasteiger partial charge in [0.2, 0.25) is 0 Å². The molecule has 26 heavy (non-hydrogen) atoms. The molecule has 0 rings (SSSR count). The maximum atomic E-state index is 11.7. The lowest BCUT2D eigenvalue weighted by atomic mass is 10.0. The van der Waals surface area contributed by atoms with Crippen LogP contribution in [0.5, 0.6) is 0 Å². The van der Waals surface area contributed by atoms with E-state index in [0.29, 0.717) is 18.9 Å². The maximum Gasteiger partial charge on any atom is 0.305 e. The molecular weight excluding hydrogens is 320 g/mol. The summed E-state index contributed by atoms with van der Waals surface area (Å²) in [7, 11) is 0. The predicted molar refractivity (Wildman–Crippen MR) is 115 cm³/mol. The number of rotatable bonds is 20. The second kappa shape index (κ2) is 20.8. The van der Waals surface area contributed by atoms with Gasteiger partial charge in [-0.25, -0.2) is 0 Å². The number of hydrogen-bond acceptors (Lipinski definition) is 2. The van der Waals surface area contributed by atoms with Crippen LogP contribution in [0.25, 0.3) is 0 Å². The molecule has 2 heteroatoms. The molecule has 0 aliphatic rings. The van der Waals surface area contributed by atoms with Crippen molar-refractivity contribution in [3.05, 3.63) is 0 Å². The first kappa shape index (κ1) is 25.5. The fourth-order valence-electron chi connectivity index (χ4n) is 3.45. The van der Waals surface area contributed by atoms with E-state index in [1.165, 1.54) is 89.9 Å². The van der Waals surface area contributed by atoms with Gasteiger partial charge in [-0.1, -0.05) is 124 Å². The third-order valence-corrected chi connectivity index (χ3v) is 5.62. The fourth-order valence-corrected chi connectivity index (χ4v) is 3.45. The standard InChI is InChI=1S/C24H48O2/c1-4-7-8-9-10-11-12-13-14-15-16-17-18-19-20-21-24(25)26-22-23(5-2)6-3/h23H,4-22H2,1-3H3. The summed E-state index contributed by atoms with van der Waals surface area (Å²) in [5.74, 6) is 0.548. The topological polar surface area (TPSA) is 26.3 Å². The Balaban J connectivity index is 3.18. The van der Waals surface area contributed by atoms with Gasteiger partial charge in [0.05, 0.1) is 6.61 Å². The Kier molecular flexibility index (Phi) is 20.4. The van der Waals surface area contributed by atoms with Gasteiger partial charge in [0.1, 0.15) is 0 Å². The van der Waals surface area contributed by atoms with E-state index < -0.39 is 0 Å². The van der Waals surface area contributed by atoms with E-state index >= 15 is 0 Å². The molecule has 0 N–H and O–H groups in total. The first-order valence-electron chi connectivity index (χ1n) is 11.9. The molecule has 2 nitrogen and oxygen atoms in total. The molecule has 0 heterocycles. The molecule has 0 bridgehead atoms. The third kappa shape index (κ3) is 18.3. The number of carbonyl (C=O) groups excluding carboxylic acids is 1. The average Bonchev–Trinajstić information content (AvgIpc) is 2.65. The van der Waals surface area contributed by atoms with E-state index in [2.05, 4.69) is 20.8 Å². The third-order valence-electron chi connectivity index (χ3n) is 5.62. The summed E-state index contributed by atoms with van der Waals surface area (Å²) in [6.45, 7) is 7.22. The second-order valence-corrected chi connectivity index (χ2v) is 8.07. The minimum atomic E-state index is 0.00611. The van der Waals surface area contributed by atoms with Crippen LogP contribution < -0.4 is 0 Å². The van der Waals surface area contributed by atoms with Gasteiger partial charge < -0.3 is 4.74 Å². The van der Waals surface area contributed by atoms with Crippen molar-refractivity contribution < 1.29 is 9.53 Å². The van der Waals surface area contributed by atoms with Gasteiger partial charge in [0.25, 0.3) is 0 Å². The molecule has 0 amide bonds. The highest BCUT2D eigenvalue weighted by Crippen LogP contribution is 2.14. The number of unbranched alkanes of at least 4 members (excludes halogenated alkanes) is 14. The van der Waals surface area contributed by atoms with E-state index in [0.717, 1.165) is 19.3 Å². The van der Waals surface area contributed by atoms with E-state index in [9.17, 15) is 4.79 Å². The molecule has 0 unspecified atom stereocenters. The van der Waals surface area contributed by atoms with Crippen LogP contribution in [0.3, 0.4) is 0 Å². The molecule has 0 aromatic heterocycles. The van der Waals surface area contributed by atoms with Crippen molar-refractivity contribution in [2.75, 3.05) is 6.61 Å². The minimum Gasteiger partial charge on any atom is -0.465 e. The largest absolute Gasteiger partial charge is 0.465 e. The van der Waals surface area contributed by atoms with Crippen LogP contribution in [0.4, 0.5) is 0 Å². The Hall–Kier alpha value is -0.530. The van der Waals surface area contributed by atoms with Crippen molar-refractivity contribution in [1.82, 2.24) is 0 Å². The highest BCUT2D eigenvalue weighted by atomic mass is 16.5. The van der Waals surface area contributed by atoms with Crippen molar-refractivity contribution in [3.63, 3.8) is 0 Å². The van der Waals surface area contributed by atoms with Gasteiger partial charge in [-0.2, -0.15) is 0 Å². The number of carbonyl (C=O) groups is 1. The zero-order chi connectivity index (χ0) is 19.3. The molecule has 0 aliphatic carbocycles. The van der Waals surface area contributed by atoms with Crippen molar-refractivity contribution in [2.24, 2.45) is 5.92 Å². The van der Waals surface area contributed by atoms with Crippen LogP contribution in [-0.2, 0) is 9.53 Å². The molecule has 0 saturated heterocycles. The van der Waals surface area contributed by atoms with Crippen molar-refractivity contribution in [3.8, 4) is 0 Å². The Morgan fingerprint density at radius 2 is 1.00 bits per heavy atom. The van der Waals surface area contributed by atoms with Crippen molar-refractivity contribution in [2.45, 2.75) is 136 Å². The van der Waals surface area contributed by atoms with Crippen LogP contribution in [0.15, 0.2) is 0 Å².